The topological polar surface area (TPSA) is 88.2 Å². The largest absolute Gasteiger partial charge is 0.507 e. The first-order chi connectivity index (χ1) is 13.7. The zero-order valence-electron chi connectivity index (χ0n) is 15.7. The van der Waals surface area contributed by atoms with Crippen LogP contribution in [0.3, 0.4) is 0 Å². The molecule has 2 aromatic rings. The number of carbonyl (C=O) groups is 1. The number of pyridine rings is 1. The molecule has 1 saturated heterocycles. The molecule has 1 aromatic carbocycles. The van der Waals surface area contributed by atoms with E-state index in [4.69, 9.17) is 4.74 Å². The first-order valence-electron chi connectivity index (χ1n) is 9.27. The zero-order chi connectivity index (χ0) is 19.8. The van der Waals surface area contributed by atoms with E-state index in [1.165, 1.54) is 6.21 Å². The number of hydrogen-bond donors (Lipinski definition) is 3. The SMILES string of the molecule is C=CCc1cccc(/C=N/NC(=O)[C@@H](c2ccncc2)[NH+]2CCOCC2)c1O. The number of aromatic hydroxyl groups is 1. The van der Waals surface area contributed by atoms with Crippen LogP contribution in [-0.2, 0) is 16.0 Å². The minimum absolute atomic E-state index is 0.143. The molecule has 2 heterocycles. The smallest absolute Gasteiger partial charge is 0.303 e. The molecular formula is C21H25N4O3+. The van der Waals surface area contributed by atoms with Gasteiger partial charge in [-0.25, -0.2) is 5.43 Å². The van der Waals surface area contributed by atoms with Crippen LogP contribution in [0.5, 0.6) is 5.75 Å². The molecule has 1 aromatic heterocycles. The van der Waals surface area contributed by atoms with Crippen LogP contribution in [0.2, 0.25) is 0 Å². The lowest BCUT2D eigenvalue weighted by molar-refractivity contribution is -0.929. The highest BCUT2D eigenvalue weighted by atomic mass is 16.5. The predicted octanol–water partition coefficient (Wildman–Crippen LogP) is 0.622. The maximum absolute atomic E-state index is 12.9. The van der Waals surface area contributed by atoms with Gasteiger partial charge in [-0.05, 0) is 30.2 Å². The minimum Gasteiger partial charge on any atom is -0.507 e. The van der Waals surface area contributed by atoms with Crippen molar-refractivity contribution in [2.75, 3.05) is 26.3 Å². The molecule has 7 nitrogen and oxygen atoms in total. The summed E-state index contributed by atoms with van der Waals surface area (Å²) in [5.41, 5.74) is 4.81. The van der Waals surface area contributed by atoms with E-state index in [0.29, 0.717) is 25.2 Å². The highest BCUT2D eigenvalue weighted by molar-refractivity contribution is 5.87. The number of allylic oxidation sites excluding steroid dienone is 1. The van der Waals surface area contributed by atoms with Crippen LogP contribution in [0.1, 0.15) is 22.7 Å². The van der Waals surface area contributed by atoms with Gasteiger partial charge in [0.2, 0.25) is 0 Å². The molecule has 7 heteroatoms. The highest BCUT2D eigenvalue weighted by Gasteiger charge is 2.32. The summed E-state index contributed by atoms with van der Waals surface area (Å²) in [7, 11) is 0. The summed E-state index contributed by atoms with van der Waals surface area (Å²) in [6.45, 7) is 6.42. The molecule has 0 radical (unpaired) electrons. The summed E-state index contributed by atoms with van der Waals surface area (Å²) in [5.74, 6) is -0.0639. The van der Waals surface area contributed by atoms with Gasteiger partial charge in [0.1, 0.15) is 18.8 Å². The maximum atomic E-state index is 12.9. The standard InChI is InChI=1S/C21H24N4O3/c1-2-4-17-5-3-6-18(20(17)26)15-23-24-21(27)19(16-7-9-22-10-8-16)25-11-13-28-14-12-25/h2-3,5-10,15,19,26H,1,4,11-14H2,(H,24,27)/p+1/b23-15+/t19-/m1/s1. The molecule has 0 unspecified atom stereocenters. The Bertz CT molecular complexity index is 833. The summed E-state index contributed by atoms with van der Waals surface area (Å²) in [5, 5.41) is 14.4. The molecule has 28 heavy (non-hydrogen) atoms. The van der Waals surface area contributed by atoms with E-state index in [2.05, 4.69) is 22.1 Å². The lowest BCUT2D eigenvalue weighted by Gasteiger charge is -2.30. The number of quaternary nitrogens is 1. The average molecular weight is 381 g/mol. The summed E-state index contributed by atoms with van der Waals surface area (Å²) in [4.78, 5) is 18.1. The Labute approximate surface area is 164 Å². The molecule has 1 aliphatic heterocycles. The number of benzene rings is 1. The van der Waals surface area contributed by atoms with Crippen molar-refractivity contribution in [1.29, 1.82) is 0 Å². The summed E-state index contributed by atoms with van der Waals surface area (Å²) >= 11 is 0. The zero-order valence-corrected chi connectivity index (χ0v) is 15.7. The van der Waals surface area contributed by atoms with Crippen LogP contribution in [0.4, 0.5) is 0 Å². The molecular weight excluding hydrogens is 356 g/mol. The van der Waals surface area contributed by atoms with Crippen molar-refractivity contribution in [3.8, 4) is 5.75 Å². The van der Waals surface area contributed by atoms with Gasteiger partial charge in [0, 0.05) is 23.5 Å². The number of nitrogens with zero attached hydrogens (tertiary/aromatic N) is 2. The molecule has 3 N–H and O–H groups in total. The van der Waals surface area contributed by atoms with E-state index in [-0.39, 0.29) is 11.7 Å². The normalized spacial score (nSPS) is 16.0. The Kier molecular flexibility index (Phi) is 6.89. The van der Waals surface area contributed by atoms with Crippen LogP contribution in [-0.4, -0.2) is 48.5 Å². The molecule has 0 saturated carbocycles. The predicted molar refractivity (Wildman–Crippen MR) is 106 cm³/mol. The van der Waals surface area contributed by atoms with Gasteiger partial charge < -0.3 is 14.7 Å². The van der Waals surface area contributed by atoms with Crippen molar-refractivity contribution < 1.29 is 19.5 Å². The Hall–Kier alpha value is -3.03. The van der Waals surface area contributed by atoms with E-state index >= 15 is 0 Å². The van der Waals surface area contributed by atoms with Crippen molar-refractivity contribution in [3.63, 3.8) is 0 Å². The number of aromatic nitrogens is 1. The number of phenolic OH excluding ortho intramolecular Hbond substituents is 1. The van der Waals surface area contributed by atoms with E-state index in [9.17, 15) is 9.90 Å². The minimum atomic E-state index is -0.398. The number of hydrogen-bond acceptors (Lipinski definition) is 5. The second-order valence-corrected chi connectivity index (χ2v) is 6.57. The number of morpholine rings is 1. The number of hydrazone groups is 1. The molecule has 3 rings (SSSR count). The molecule has 146 valence electrons. The quantitative estimate of drug-likeness (QED) is 0.373. The van der Waals surface area contributed by atoms with Gasteiger partial charge in [0.25, 0.3) is 0 Å². The van der Waals surface area contributed by atoms with Gasteiger partial charge in [-0.3, -0.25) is 9.78 Å². The van der Waals surface area contributed by atoms with E-state index < -0.39 is 6.04 Å². The van der Waals surface area contributed by atoms with Gasteiger partial charge in [0.05, 0.1) is 19.4 Å². The number of carbonyl (C=O) groups excluding carboxylic acids is 1. The Morgan fingerprint density at radius 3 is 2.79 bits per heavy atom. The fourth-order valence-electron chi connectivity index (χ4n) is 3.32. The Morgan fingerprint density at radius 1 is 1.32 bits per heavy atom. The number of rotatable bonds is 7. The lowest BCUT2D eigenvalue weighted by atomic mass is 10.1. The van der Waals surface area contributed by atoms with Gasteiger partial charge in [-0.1, -0.05) is 18.2 Å². The summed E-state index contributed by atoms with van der Waals surface area (Å²) < 4.78 is 5.42. The van der Waals surface area contributed by atoms with Gasteiger partial charge in [-0.2, -0.15) is 5.10 Å². The Morgan fingerprint density at radius 2 is 2.07 bits per heavy atom. The summed E-state index contributed by atoms with van der Waals surface area (Å²) in [6.07, 6.45) is 7.11. The van der Waals surface area contributed by atoms with Crippen LogP contribution < -0.4 is 10.3 Å². The van der Waals surface area contributed by atoms with Gasteiger partial charge in [-0.15, -0.1) is 6.58 Å². The van der Waals surface area contributed by atoms with Crippen LogP contribution in [0, 0.1) is 0 Å². The van der Waals surface area contributed by atoms with E-state index in [1.807, 2.05) is 24.3 Å². The third kappa shape index (κ3) is 4.82. The van der Waals surface area contributed by atoms with Crippen molar-refractivity contribution in [3.05, 3.63) is 72.1 Å². The third-order valence-electron chi connectivity index (χ3n) is 4.74. The molecule has 0 spiro atoms. The second-order valence-electron chi connectivity index (χ2n) is 6.57. The molecule has 1 amide bonds. The molecule has 0 bridgehead atoms. The van der Waals surface area contributed by atoms with E-state index in [0.717, 1.165) is 29.1 Å². The number of phenols is 1. The number of para-hydroxylation sites is 1. The lowest BCUT2D eigenvalue weighted by Crippen LogP contribution is -3.15. The number of ether oxygens (including phenoxy) is 1. The summed E-state index contributed by atoms with van der Waals surface area (Å²) in [6, 6.07) is 8.70. The average Bonchev–Trinajstić information content (AvgIpc) is 2.73. The highest BCUT2D eigenvalue weighted by Crippen LogP contribution is 2.21. The fraction of sp³-hybridized carbons (Fsp3) is 0.286. The number of nitrogens with one attached hydrogen (secondary N) is 2. The van der Waals surface area contributed by atoms with Crippen molar-refractivity contribution in [1.82, 2.24) is 10.4 Å². The molecule has 1 aliphatic rings. The fourth-order valence-corrected chi connectivity index (χ4v) is 3.32. The maximum Gasteiger partial charge on any atom is 0.303 e. The van der Waals surface area contributed by atoms with E-state index in [1.54, 1.807) is 24.5 Å². The van der Waals surface area contributed by atoms with Crippen LogP contribution in [0.15, 0.2) is 60.5 Å². The van der Waals surface area contributed by atoms with Crippen LogP contribution >= 0.6 is 0 Å². The van der Waals surface area contributed by atoms with Gasteiger partial charge >= 0.3 is 5.91 Å². The van der Waals surface area contributed by atoms with Gasteiger partial charge in [0.15, 0.2) is 6.04 Å². The second kappa shape index (κ2) is 9.77. The first kappa shape index (κ1) is 19.7. The monoisotopic (exact) mass is 381 g/mol. The third-order valence-corrected chi connectivity index (χ3v) is 4.74. The van der Waals surface area contributed by atoms with Crippen molar-refractivity contribution in [2.24, 2.45) is 5.10 Å². The van der Waals surface area contributed by atoms with Crippen molar-refractivity contribution in [2.45, 2.75) is 12.5 Å². The molecule has 1 atom stereocenters. The van der Waals surface area contributed by atoms with Crippen LogP contribution in [0.25, 0.3) is 0 Å². The first-order valence-corrected chi connectivity index (χ1v) is 9.27. The molecule has 0 aliphatic carbocycles. The number of amides is 1. The van der Waals surface area contributed by atoms with Crippen molar-refractivity contribution >= 4 is 12.1 Å². The molecule has 1 fully saturated rings. The Balaban J connectivity index is 1.74.